The normalized spacial score (nSPS) is 12.7. The van der Waals surface area contributed by atoms with Crippen LogP contribution in [0, 0.1) is 20.8 Å². The zero-order valence-electron chi connectivity index (χ0n) is 12.4. The summed E-state index contributed by atoms with van der Waals surface area (Å²) in [4.78, 5) is 0. The molecule has 5 heteroatoms. The van der Waals surface area contributed by atoms with Gasteiger partial charge in [0.1, 0.15) is 0 Å². The second-order valence-electron chi connectivity index (χ2n) is 5.18. The number of nitrogens with one attached hydrogen (secondary N) is 1. The second-order valence-corrected chi connectivity index (χ2v) is 5.98. The summed E-state index contributed by atoms with van der Waals surface area (Å²) in [5, 5.41) is 4.43. The third-order valence-electron chi connectivity index (χ3n) is 3.88. The van der Waals surface area contributed by atoms with Crippen molar-refractivity contribution in [3.05, 3.63) is 50.8 Å². The lowest BCUT2D eigenvalue weighted by molar-refractivity contribution is 0.526. The largest absolute Gasteiger partial charge is 0.271 e. The van der Waals surface area contributed by atoms with Gasteiger partial charge in [-0.2, -0.15) is 5.10 Å². The van der Waals surface area contributed by atoms with Crippen LogP contribution in [0.1, 0.15) is 34.1 Å². The van der Waals surface area contributed by atoms with Crippen molar-refractivity contribution in [1.82, 2.24) is 15.2 Å². The second kappa shape index (κ2) is 6.08. The van der Waals surface area contributed by atoms with Crippen molar-refractivity contribution in [2.24, 2.45) is 12.9 Å². The van der Waals surface area contributed by atoms with Crippen molar-refractivity contribution >= 4 is 15.9 Å². The Morgan fingerprint density at radius 3 is 2.60 bits per heavy atom. The quantitative estimate of drug-likeness (QED) is 0.666. The number of hydrazine groups is 1. The molecular formula is C15H21BrN4. The van der Waals surface area contributed by atoms with Crippen LogP contribution in [0.5, 0.6) is 0 Å². The van der Waals surface area contributed by atoms with Gasteiger partial charge in [-0.05, 0) is 53.4 Å². The van der Waals surface area contributed by atoms with E-state index >= 15 is 0 Å². The van der Waals surface area contributed by atoms with Crippen LogP contribution < -0.4 is 11.3 Å². The minimum Gasteiger partial charge on any atom is -0.271 e. The zero-order chi connectivity index (χ0) is 14.9. The Balaban J connectivity index is 2.36. The average molecular weight is 337 g/mol. The van der Waals surface area contributed by atoms with E-state index in [-0.39, 0.29) is 6.04 Å². The summed E-state index contributed by atoms with van der Waals surface area (Å²) >= 11 is 3.61. The molecule has 1 unspecified atom stereocenters. The van der Waals surface area contributed by atoms with E-state index in [1.54, 1.807) is 0 Å². The lowest BCUT2D eigenvalue weighted by atomic mass is 9.95. The fourth-order valence-corrected chi connectivity index (χ4v) is 3.00. The molecule has 0 bridgehead atoms. The topological polar surface area (TPSA) is 55.9 Å². The minimum absolute atomic E-state index is 0.0704. The van der Waals surface area contributed by atoms with Crippen molar-refractivity contribution < 1.29 is 0 Å². The predicted octanol–water partition coefficient (Wildman–Crippen LogP) is 2.85. The molecule has 1 aromatic heterocycles. The first kappa shape index (κ1) is 15.2. The number of aromatic nitrogens is 2. The van der Waals surface area contributed by atoms with E-state index in [1.807, 2.05) is 18.7 Å². The zero-order valence-corrected chi connectivity index (χ0v) is 14.0. The molecule has 0 aliphatic heterocycles. The highest BCUT2D eigenvalue weighted by Crippen LogP contribution is 2.27. The van der Waals surface area contributed by atoms with Crippen LogP contribution in [0.4, 0.5) is 0 Å². The maximum Gasteiger partial charge on any atom is 0.0738 e. The van der Waals surface area contributed by atoms with E-state index in [4.69, 9.17) is 5.84 Å². The van der Waals surface area contributed by atoms with Crippen molar-refractivity contribution in [3.63, 3.8) is 0 Å². The molecule has 0 radical (unpaired) electrons. The molecular weight excluding hydrogens is 316 g/mol. The molecule has 0 saturated heterocycles. The highest BCUT2D eigenvalue weighted by atomic mass is 79.9. The predicted molar refractivity (Wildman–Crippen MR) is 85.3 cm³/mol. The lowest BCUT2D eigenvalue weighted by Crippen LogP contribution is -2.30. The van der Waals surface area contributed by atoms with E-state index in [0.717, 1.165) is 22.3 Å². The lowest BCUT2D eigenvalue weighted by Gasteiger charge is -2.20. The van der Waals surface area contributed by atoms with Gasteiger partial charge in [0.2, 0.25) is 0 Å². The molecule has 0 aliphatic carbocycles. The Labute approximate surface area is 128 Å². The Morgan fingerprint density at radius 2 is 2.05 bits per heavy atom. The molecule has 0 saturated carbocycles. The molecule has 1 aromatic carbocycles. The third-order valence-corrected chi connectivity index (χ3v) is 4.91. The summed E-state index contributed by atoms with van der Waals surface area (Å²) in [6, 6.07) is 6.40. The number of hydrogen-bond donors (Lipinski definition) is 2. The number of rotatable bonds is 4. The van der Waals surface area contributed by atoms with E-state index in [2.05, 4.69) is 58.5 Å². The van der Waals surface area contributed by atoms with Crippen LogP contribution in [0.2, 0.25) is 0 Å². The standard InChI is InChI=1S/C15H21BrN4/c1-9-6-5-7-12(10(9)2)13(18-17)8-14-15(16)11(3)19-20(14)4/h5-7,13,18H,8,17H2,1-4H3. The van der Waals surface area contributed by atoms with Gasteiger partial charge in [-0.25, -0.2) is 0 Å². The first-order valence-electron chi connectivity index (χ1n) is 6.66. The summed E-state index contributed by atoms with van der Waals surface area (Å²) in [6.07, 6.45) is 0.790. The summed E-state index contributed by atoms with van der Waals surface area (Å²) in [5.41, 5.74) is 8.88. The fraction of sp³-hybridized carbons (Fsp3) is 0.400. The van der Waals surface area contributed by atoms with Gasteiger partial charge in [0.15, 0.2) is 0 Å². The monoisotopic (exact) mass is 336 g/mol. The first-order valence-corrected chi connectivity index (χ1v) is 7.45. The Morgan fingerprint density at radius 1 is 1.35 bits per heavy atom. The Bertz CT molecular complexity index is 619. The highest BCUT2D eigenvalue weighted by Gasteiger charge is 2.19. The van der Waals surface area contributed by atoms with Crippen molar-refractivity contribution in [2.45, 2.75) is 33.2 Å². The SMILES string of the molecule is Cc1cccc(C(Cc2c(Br)c(C)nn2C)NN)c1C. The molecule has 0 fully saturated rings. The number of benzene rings is 1. The number of hydrogen-bond acceptors (Lipinski definition) is 3. The maximum absolute atomic E-state index is 5.78. The van der Waals surface area contributed by atoms with Gasteiger partial charge < -0.3 is 0 Å². The van der Waals surface area contributed by atoms with E-state index in [1.165, 1.54) is 16.7 Å². The Kier molecular flexibility index (Phi) is 4.62. The van der Waals surface area contributed by atoms with Gasteiger partial charge >= 0.3 is 0 Å². The summed E-state index contributed by atoms with van der Waals surface area (Å²) in [7, 11) is 1.96. The first-order chi connectivity index (χ1) is 9.45. The maximum atomic E-state index is 5.78. The van der Waals surface area contributed by atoms with E-state index in [9.17, 15) is 0 Å². The highest BCUT2D eigenvalue weighted by molar-refractivity contribution is 9.10. The van der Waals surface area contributed by atoms with Gasteiger partial charge in [-0.3, -0.25) is 16.0 Å². The number of aryl methyl sites for hydroxylation is 3. The minimum atomic E-state index is 0.0704. The van der Waals surface area contributed by atoms with Gasteiger partial charge in [0.05, 0.1) is 21.9 Å². The third kappa shape index (κ3) is 2.80. The van der Waals surface area contributed by atoms with Crippen molar-refractivity contribution in [1.29, 1.82) is 0 Å². The molecule has 20 heavy (non-hydrogen) atoms. The van der Waals surface area contributed by atoms with Gasteiger partial charge in [-0.1, -0.05) is 18.2 Å². The van der Waals surface area contributed by atoms with Crippen molar-refractivity contribution in [2.75, 3.05) is 0 Å². The van der Waals surface area contributed by atoms with Crippen molar-refractivity contribution in [3.8, 4) is 0 Å². The molecule has 4 nitrogen and oxygen atoms in total. The molecule has 0 spiro atoms. The summed E-state index contributed by atoms with van der Waals surface area (Å²) in [6.45, 7) is 6.26. The molecule has 2 rings (SSSR count). The summed E-state index contributed by atoms with van der Waals surface area (Å²) < 4.78 is 2.97. The van der Waals surface area contributed by atoms with Gasteiger partial charge in [-0.15, -0.1) is 0 Å². The number of halogens is 1. The molecule has 3 N–H and O–H groups in total. The summed E-state index contributed by atoms with van der Waals surface area (Å²) in [5.74, 6) is 5.78. The molecule has 0 aliphatic rings. The number of nitrogens with two attached hydrogens (primary N) is 1. The van der Waals surface area contributed by atoms with Crippen LogP contribution in [0.3, 0.4) is 0 Å². The van der Waals surface area contributed by atoms with E-state index in [0.29, 0.717) is 0 Å². The molecule has 0 amide bonds. The average Bonchev–Trinajstić information content (AvgIpc) is 2.65. The smallest absolute Gasteiger partial charge is 0.0738 e. The molecule has 2 aromatic rings. The molecule has 1 heterocycles. The van der Waals surface area contributed by atoms with E-state index < -0.39 is 0 Å². The van der Waals surface area contributed by atoms with Crippen LogP contribution in [0.15, 0.2) is 22.7 Å². The Hall–Kier alpha value is -1.17. The molecule has 108 valence electrons. The fourth-order valence-electron chi connectivity index (χ4n) is 2.51. The van der Waals surface area contributed by atoms with Crippen LogP contribution in [-0.4, -0.2) is 9.78 Å². The number of nitrogens with zero attached hydrogens (tertiary/aromatic N) is 2. The van der Waals surface area contributed by atoms with Gasteiger partial charge in [0, 0.05) is 13.5 Å². The molecule has 1 atom stereocenters. The van der Waals surface area contributed by atoms with Crippen LogP contribution in [0.25, 0.3) is 0 Å². The van der Waals surface area contributed by atoms with Gasteiger partial charge in [0.25, 0.3) is 0 Å². The van der Waals surface area contributed by atoms with Crippen LogP contribution >= 0.6 is 15.9 Å². The van der Waals surface area contributed by atoms with Crippen LogP contribution in [-0.2, 0) is 13.5 Å².